The SMILES string of the molecule is C=CCN=C1SC(CC(=O)Nc2c(C)cccc2C)C(=O)N1N=Cc1ccc(N2CCOCC2)c([N+](=O)[O-])c1. The zero-order valence-corrected chi connectivity index (χ0v) is 22.6. The highest BCUT2D eigenvalue weighted by molar-refractivity contribution is 8.15. The topological polar surface area (TPSA) is 130 Å². The van der Waals surface area contributed by atoms with Gasteiger partial charge in [0, 0.05) is 36.8 Å². The van der Waals surface area contributed by atoms with Crippen molar-refractivity contribution in [3.05, 3.63) is 75.9 Å². The first-order valence-corrected chi connectivity index (χ1v) is 13.3. The summed E-state index contributed by atoms with van der Waals surface area (Å²) in [6.07, 6.45) is 2.92. The van der Waals surface area contributed by atoms with Crippen LogP contribution in [0.1, 0.15) is 23.1 Å². The summed E-state index contributed by atoms with van der Waals surface area (Å²) < 4.78 is 5.35. The summed E-state index contributed by atoms with van der Waals surface area (Å²) in [5.41, 5.74) is 3.51. The minimum absolute atomic E-state index is 0.0513. The Labute approximate surface area is 230 Å². The van der Waals surface area contributed by atoms with E-state index >= 15 is 0 Å². The molecule has 4 rings (SSSR count). The van der Waals surface area contributed by atoms with Crippen LogP contribution in [-0.2, 0) is 14.3 Å². The van der Waals surface area contributed by atoms with Crippen molar-refractivity contribution in [1.29, 1.82) is 0 Å². The molecular formula is C27H30N6O5S. The average molecular weight is 551 g/mol. The van der Waals surface area contributed by atoms with Gasteiger partial charge in [-0.25, -0.2) is 0 Å². The quantitative estimate of drug-likeness (QED) is 0.217. The number of nitrogens with zero attached hydrogens (tertiary/aromatic N) is 5. The van der Waals surface area contributed by atoms with Gasteiger partial charge < -0.3 is 15.0 Å². The number of amidine groups is 1. The molecule has 0 spiro atoms. The second-order valence-corrected chi connectivity index (χ2v) is 10.2. The lowest BCUT2D eigenvalue weighted by atomic mass is 10.1. The summed E-state index contributed by atoms with van der Waals surface area (Å²) in [5, 5.41) is 19.8. The minimum atomic E-state index is -0.715. The second kappa shape index (κ2) is 12.7. The van der Waals surface area contributed by atoms with Crippen LogP contribution in [0.5, 0.6) is 0 Å². The Balaban J connectivity index is 1.52. The van der Waals surface area contributed by atoms with E-state index in [1.807, 2.05) is 36.9 Å². The molecule has 0 radical (unpaired) electrons. The third kappa shape index (κ3) is 6.70. The van der Waals surface area contributed by atoms with E-state index in [0.29, 0.717) is 42.7 Å². The molecule has 11 nitrogen and oxygen atoms in total. The van der Waals surface area contributed by atoms with E-state index in [9.17, 15) is 19.7 Å². The largest absolute Gasteiger partial charge is 0.378 e. The maximum absolute atomic E-state index is 13.2. The van der Waals surface area contributed by atoms with Crippen molar-refractivity contribution in [2.45, 2.75) is 25.5 Å². The molecule has 2 aromatic carbocycles. The summed E-state index contributed by atoms with van der Waals surface area (Å²) >= 11 is 1.16. The molecular weight excluding hydrogens is 520 g/mol. The zero-order chi connectivity index (χ0) is 27.9. The standard InChI is InChI=1S/C27H30N6O5S/c1-4-10-28-27-32(26(35)23(39-27)16-24(34)30-25-18(2)6-5-7-19(25)3)29-17-20-8-9-21(22(15-20)33(36)37)31-11-13-38-14-12-31/h4-9,15,17,23H,1,10-14,16H2,2-3H3,(H,30,34). The minimum Gasteiger partial charge on any atom is -0.378 e. The Kier molecular flexibility index (Phi) is 9.10. The number of rotatable bonds is 9. The molecule has 2 saturated heterocycles. The number of nitro groups is 1. The second-order valence-electron chi connectivity index (χ2n) is 9.04. The van der Waals surface area contributed by atoms with Crippen LogP contribution in [0.15, 0.2) is 59.1 Å². The molecule has 204 valence electrons. The highest BCUT2D eigenvalue weighted by atomic mass is 32.2. The molecule has 1 N–H and O–H groups in total. The molecule has 2 heterocycles. The molecule has 2 aliphatic rings. The van der Waals surface area contributed by atoms with E-state index in [0.717, 1.165) is 33.6 Å². The van der Waals surface area contributed by atoms with Gasteiger partial charge in [-0.3, -0.25) is 24.7 Å². The first kappa shape index (κ1) is 28.0. The van der Waals surface area contributed by atoms with E-state index in [2.05, 4.69) is 22.0 Å². The molecule has 2 aromatic rings. The van der Waals surface area contributed by atoms with Gasteiger partial charge in [0.05, 0.1) is 30.9 Å². The molecule has 2 fully saturated rings. The Bertz CT molecular complexity index is 1320. The number of benzene rings is 2. The van der Waals surface area contributed by atoms with Crippen LogP contribution in [0.2, 0.25) is 0 Å². The van der Waals surface area contributed by atoms with Crippen molar-refractivity contribution >= 4 is 52.0 Å². The number of aryl methyl sites for hydroxylation is 2. The summed E-state index contributed by atoms with van der Waals surface area (Å²) in [5.74, 6) is -0.684. The first-order valence-electron chi connectivity index (χ1n) is 12.5. The van der Waals surface area contributed by atoms with Gasteiger partial charge in [-0.15, -0.1) is 6.58 Å². The highest BCUT2D eigenvalue weighted by Gasteiger charge is 2.39. The predicted octanol–water partition coefficient (Wildman–Crippen LogP) is 3.90. The number of para-hydroxylation sites is 1. The number of hydrogen-bond donors (Lipinski definition) is 1. The van der Waals surface area contributed by atoms with Crippen molar-refractivity contribution in [2.24, 2.45) is 10.1 Å². The van der Waals surface area contributed by atoms with Crippen LogP contribution < -0.4 is 10.2 Å². The van der Waals surface area contributed by atoms with Crippen LogP contribution in [0.4, 0.5) is 17.1 Å². The number of anilines is 2. The maximum Gasteiger partial charge on any atom is 0.293 e. The number of amides is 2. The smallest absolute Gasteiger partial charge is 0.293 e. The number of nitrogens with one attached hydrogen (secondary N) is 1. The van der Waals surface area contributed by atoms with Gasteiger partial charge in [0.25, 0.3) is 11.6 Å². The number of hydrogen-bond acceptors (Lipinski definition) is 9. The van der Waals surface area contributed by atoms with Crippen molar-refractivity contribution in [1.82, 2.24) is 5.01 Å². The number of carbonyl (C=O) groups excluding carboxylic acids is 2. The Morgan fingerprint density at radius 1 is 1.26 bits per heavy atom. The fourth-order valence-electron chi connectivity index (χ4n) is 4.27. The lowest BCUT2D eigenvalue weighted by molar-refractivity contribution is -0.384. The molecule has 12 heteroatoms. The van der Waals surface area contributed by atoms with Gasteiger partial charge >= 0.3 is 0 Å². The number of morpholine rings is 1. The van der Waals surface area contributed by atoms with E-state index in [-0.39, 0.29) is 24.6 Å². The fraction of sp³-hybridized carbons (Fsp3) is 0.333. The zero-order valence-electron chi connectivity index (χ0n) is 21.8. The molecule has 0 aromatic heterocycles. The van der Waals surface area contributed by atoms with Crippen molar-refractivity contribution in [3.8, 4) is 0 Å². The van der Waals surface area contributed by atoms with Crippen LogP contribution >= 0.6 is 11.8 Å². The van der Waals surface area contributed by atoms with Crippen molar-refractivity contribution in [3.63, 3.8) is 0 Å². The highest BCUT2D eigenvalue weighted by Crippen LogP contribution is 2.32. The van der Waals surface area contributed by atoms with Gasteiger partial charge in [-0.1, -0.05) is 42.1 Å². The van der Waals surface area contributed by atoms with Crippen molar-refractivity contribution in [2.75, 3.05) is 43.1 Å². The molecule has 39 heavy (non-hydrogen) atoms. The number of nitro benzene ring substituents is 1. The van der Waals surface area contributed by atoms with Gasteiger partial charge in [0.2, 0.25) is 5.91 Å². The Morgan fingerprint density at radius 2 is 1.97 bits per heavy atom. The fourth-order valence-corrected chi connectivity index (χ4v) is 5.35. The third-order valence-electron chi connectivity index (χ3n) is 6.26. The number of carbonyl (C=O) groups is 2. The molecule has 2 aliphatic heterocycles. The lowest BCUT2D eigenvalue weighted by Crippen LogP contribution is -2.36. The third-order valence-corrected chi connectivity index (χ3v) is 7.42. The molecule has 2 amide bonds. The number of hydrazone groups is 1. The average Bonchev–Trinajstić information content (AvgIpc) is 3.22. The predicted molar refractivity (Wildman–Crippen MR) is 154 cm³/mol. The lowest BCUT2D eigenvalue weighted by Gasteiger charge is -2.28. The molecule has 0 bridgehead atoms. The Hall–Kier alpha value is -4.03. The molecule has 0 aliphatic carbocycles. The normalized spacial score (nSPS) is 18.7. The number of ether oxygens (including phenoxy) is 1. The number of thioether (sulfide) groups is 1. The van der Waals surface area contributed by atoms with E-state index in [4.69, 9.17) is 4.74 Å². The molecule has 0 saturated carbocycles. The summed E-state index contributed by atoms with van der Waals surface area (Å²) in [7, 11) is 0. The van der Waals surface area contributed by atoms with Gasteiger partial charge in [0.1, 0.15) is 10.9 Å². The summed E-state index contributed by atoms with van der Waals surface area (Å²) in [6, 6.07) is 10.6. The molecule has 1 atom stereocenters. The molecule has 1 unspecified atom stereocenters. The Morgan fingerprint density at radius 3 is 2.64 bits per heavy atom. The summed E-state index contributed by atoms with van der Waals surface area (Å²) in [4.78, 5) is 43.7. The van der Waals surface area contributed by atoms with Gasteiger partial charge in [0.15, 0.2) is 5.17 Å². The van der Waals surface area contributed by atoms with Gasteiger partial charge in [-0.05, 0) is 31.0 Å². The van der Waals surface area contributed by atoms with Crippen LogP contribution in [0, 0.1) is 24.0 Å². The maximum atomic E-state index is 13.2. The van der Waals surface area contributed by atoms with Crippen LogP contribution in [0.3, 0.4) is 0 Å². The first-order chi connectivity index (χ1) is 18.8. The summed E-state index contributed by atoms with van der Waals surface area (Å²) in [6.45, 7) is 9.89. The number of aliphatic imine (C=N–C) groups is 1. The van der Waals surface area contributed by atoms with E-state index < -0.39 is 16.1 Å². The van der Waals surface area contributed by atoms with Gasteiger partial charge in [-0.2, -0.15) is 10.1 Å². The van der Waals surface area contributed by atoms with Crippen LogP contribution in [0.25, 0.3) is 0 Å². The van der Waals surface area contributed by atoms with E-state index in [1.165, 1.54) is 12.3 Å². The van der Waals surface area contributed by atoms with Crippen molar-refractivity contribution < 1.29 is 19.2 Å². The van der Waals surface area contributed by atoms with E-state index in [1.54, 1.807) is 18.2 Å². The monoisotopic (exact) mass is 550 g/mol. The van der Waals surface area contributed by atoms with Crippen LogP contribution in [-0.4, -0.2) is 71.2 Å².